The fourth-order valence-corrected chi connectivity index (χ4v) is 3.63. The van der Waals surface area contributed by atoms with E-state index in [1.165, 1.54) is 0 Å². The molecule has 3 heterocycles. The van der Waals surface area contributed by atoms with Crippen molar-refractivity contribution in [1.82, 2.24) is 10.3 Å². The van der Waals surface area contributed by atoms with E-state index in [2.05, 4.69) is 15.2 Å². The minimum absolute atomic E-state index is 0.0941. The van der Waals surface area contributed by atoms with Gasteiger partial charge in [0.1, 0.15) is 0 Å². The highest BCUT2D eigenvalue weighted by Gasteiger charge is 2.19. The maximum Gasteiger partial charge on any atom is 0.251 e. The third kappa shape index (κ3) is 4.66. The minimum atomic E-state index is -0.0941. The fraction of sp³-hybridized carbons (Fsp3) is 0.304. The highest BCUT2D eigenvalue weighted by Crippen LogP contribution is 2.22. The Morgan fingerprint density at radius 3 is 2.66 bits per heavy atom. The number of rotatable bonds is 6. The molecule has 1 aliphatic rings. The number of piperidine rings is 1. The van der Waals surface area contributed by atoms with E-state index in [0.29, 0.717) is 18.2 Å². The molecule has 0 bridgehead atoms. The van der Waals surface area contributed by atoms with E-state index in [9.17, 15) is 4.79 Å². The highest BCUT2D eigenvalue weighted by molar-refractivity contribution is 5.94. The number of aromatic nitrogens is 1. The van der Waals surface area contributed by atoms with Gasteiger partial charge in [0, 0.05) is 61.5 Å². The van der Waals surface area contributed by atoms with E-state index in [4.69, 9.17) is 9.15 Å². The number of methoxy groups -OCH3 is 1. The molecule has 1 amide bonds. The Hall–Kier alpha value is -3.12. The van der Waals surface area contributed by atoms with E-state index in [1.807, 2.05) is 36.4 Å². The van der Waals surface area contributed by atoms with Crippen molar-refractivity contribution in [2.45, 2.75) is 25.5 Å². The van der Waals surface area contributed by atoms with Gasteiger partial charge in [-0.3, -0.25) is 9.78 Å². The number of amides is 1. The van der Waals surface area contributed by atoms with E-state index in [-0.39, 0.29) is 5.91 Å². The van der Waals surface area contributed by atoms with Gasteiger partial charge in [-0.05, 0) is 54.8 Å². The first-order valence-electron chi connectivity index (χ1n) is 9.85. The molecule has 4 rings (SSSR count). The number of benzene rings is 1. The summed E-state index contributed by atoms with van der Waals surface area (Å²) in [6.07, 6.45) is 9.28. The van der Waals surface area contributed by atoms with Crippen LogP contribution in [0.4, 0.5) is 5.69 Å². The van der Waals surface area contributed by atoms with Gasteiger partial charge in [0.2, 0.25) is 0 Å². The predicted octanol–water partition coefficient (Wildman–Crippen LogP) is 3.89. The predicted molar refractivity (Wildman–Crippen MR) is 112 cm³/mol. The first kappa shape index (κ1) is 19.2. The van der Waals surface area contributed by atoms with Crippen LogP contribution in [0, 0.1) is 0 Å². The van der Waals surface area contributed by atoms with Gasteiger partial charge >= 0.3 is 0 Å². The minimum Gasteiger partial charge on any atom is -0.472 e. The molecule has 1 fully saturated rings. The molecule has 0 saturated carbocycles. The Labute approximate surface area is 170 Å². The van der Waals surface area contributed by atoms with Gasteiger partial charge in [0.25, 0.3) is 5.91 Å². The molecule has 0 atom stereocenters. The van der Waals surface area contributed by atoms with Gasteiger partial charge in [-0.1, -0.05) is 0 Å². The van der Waals surface area contributed by atoms with E-state index < -0.39 is 0 Å². The summed E-state index contributed by atoms with van der Waals surface area (Å²) < 4.78 is 10.6. The fourth-order valence-electron chi connectivity index (χ4n) is 3.63. The molecule has 1 aromatic carbocycles. The highest BCUT2D eigenvalue weighted by atomic mass is 16.5. The maximum atomic E-state index is 12.5. The Balaban J connectivity index is 1.34. The zero-order valence-electron chi connectivity index (χ0n) is 16.5. The Morgan fingerprint density at radius 1 is 1.17 bits per heavy atom. The van der Waals surface area contributed by atoms with Gasteiger partial charge in [0.15, 0.2) is 0 Å². The van der Waals surface area contributed by atoms with Gasteiger partial charge in [-0.2, -0.15) is 0 Å². The monoisotopic (exact) mass is 391 g/mol. The summed E-state index contributed by atoms with van der Waals surface area (Å²) in [5.41, 5.74) is 4.67. The van der Waals surface area contributed by atoms with Gasteiger partial charge in [-0.15, -0.1) is 0 Å². The van der Waals surface area contributed by atoms with Crippen molar-refractivity contribution in [3.63, 3.8) is 0 Å². The molecule has 0 radical (unpaired) electrons. The average molecular weight is 391 g/mol. The zero-order valence-corrected chi connectivity index (χ0v) is 16.5. The number of carbonyl (C=O) groups is 1. The summed E-state index contributed by atoms with van der Waals surface area (Å²) in [4.78, 5) is 19.1. The molecule has 0 spiro atoms. The molecule has 2 aromatic heterocycles. The van der Waals surface area contributed by atoms with E-state index in [0.717, 1.165) is 48.3 Å². The van der Waals surface area contributed by atoms with Crippen LogP contribution in [-0.4, -0.2) is 37.2 Å². The quantitative estimate of drug-likeness (QED) is 0.691. The number of nitrogens with one attached hydrogen (secondary N) is 1. The van der Waals surface area contributed by atoms with Crippen molar-refractivity contribution in [2.75, 3.05) is 25.1 Å². The summed E-state index contributed by atoms with van der Waals surface area (Å²) in [7, 11) is 1.78. The number of ether oxygens (including phenoxy) is 1. The lowest BCUT2D eigenvalue weighted by Crippen LogP contribution is -2.36. The van der Waals surface area contributed by atoms with Gasteiger partial charge < -0.3 is 19.4 Å². The molecule has 1 aliphatic heterocycles. The molecule has 1 N–H and O–H groups in total. The van der Waals surface area contributed by atoms with Crippen molar-refractivity contribution in [3.8, 4) is 11.1 Å². The standard InChI is InChI=1S/C23H25N3O3/c1-28-22-6-9-26(10-7-22)21-4-2-18(3-5-21)23(27)25-14-17-12-20(15-24-13-17)19-8-11-29-16-19/h2-5,8,11-13,15-16,22H,6-7,9-10,14H2,1H3,(H,25,27). The SMILES string of the molecule is COC1CCN(c2ccc(C(=O)NCc3cncc(-c4ccoc4)c3)cc2)CC1. The van der Waals surface area contributed by atoms with Crippen LogP contribution >= 0.6 is 0 Å². The van der Waals surface area contributed by atoms with Crippen LogP contribution in [0.3, 0.4) is 0 Å². The normalized spacial score (nSPS) is 14.7. The maximum absolute atomic E-state index is 12.5. The number of nitrogens with zero attached hydrogens (tertiary/aromatic N) is 2. The summed E-state index contributed by atoms with van der Waals surface area (Å²) in [5, 5.41) is 2.97. The lowest BCUT2D eigenvalue weighted by molar-refractivity contribution is 0.0819. The van der Waals surface area contributed by atoms with Crippen LogP contribution in [0.5, 0.6) is 0 Å². The van der Waals surface area contributed by atoms with Gasteiger partial charge in [0.05, 0.1) is 18.6 Å². The van der Waals surface area contributed by atoms with Gasteiger partial charge in [-0.25, -0.2) is 0 Å². The van der Waals surface area contributed by atoms with Crippen LogP contribution in [0.15, 0.2) is 65.7 Å². The Kier molecular flexibility index (Phi) is 5.91. The molecule has 150 valence electrons. The summed E-state index contributed by atoms with van der Waals surface area (Å²) in [5.74, 6) is -0.0941. The molecule has 1 saturated heterocycles. The molecule has 6 nitrogen and oxygen atoms in total. The Bertz CT molecular complexity index is 930. The number of pyridine rings is 1. The average Bonchev–Trinajstić information content (AvgIpc) is 3.33. The van der Waals surface area contributed by atoms with Crippen LogP contribution in [0.2, 0.25) is 0 Å². The van der Waals surface area contributed by atoms with Crippen LogP contribution in [0.25, 0.3) is 11.1 Å². The number of anilines is 1. The lowest BCUT2D eigenvalue weighted by Gasteiger charge is -2.33. The number of hydrogen-bond donors (Lipinski definition) is 1. The van der Waals surface area contributed by atoms with Crippen molar-refractivity contribution in [2.24, 2.45) is 0 Å². The second-order valence-electron chi connectivity index (χ2n) is 7.25. The van der Waals surface area contributed by atoms with E-state index >= 15 is 0 Å². The molecule has 3 aromatic rings. The van der Waals surface area contributed by atoms with Crippen molar-refractivity contribution in [1.29, 1.82) is 0 Å². The van der Waals surface area contributed by atoms with Crippen molar-refractivity contribution < 1.29 is 13.9 Å². The third-order valence-corrected chi connectivity index (χ3v) is 5.37. The van der Waals surface area contributed by atoms with Crippen LogP contribution in [0.1, 0.15) is 28.8 Å². The van der Waals surface area contributed by atoms with Crippen LogP contribution in [-0.2, 0) is 11.3 Å². The van der Waals surface area contributed by atoms with Crippen molar-refractivity contribution in [3.05, 3.63) is 72.4 Å². The topological polar surface area (TPSA) is 67.6 Å². The molecule has 6 heteroatoms. The number of furan rings is 1. The number of carbonyl (C=O) groups excluding carboxylic acids is 1. The second-order valence-corrected chi connectivity index (χ2v) is 7.25. The molecule has 0 aliphatic carbocycles. The lowest BCUT2D eigenvalue weighted by atomic mass is 10.1. The van der Waals surface area contributed by atoms with E-state index in [1.54, 1.807) is 32.0 Å². The summed E-state index contributed by atoms with van der Waals surface area (Å²) >= 11 is 0. The van der Waals surface area contributed by atoms with Crippen LogP contribution < -0.4 is 10.2 Å². The second kappa shape index (κ2) is 8.92. The molecule has 0 unspecified atom stereocenters. The Morgan fingerprint density at radius 2 is 1.97 bits per heavy atom. The smallest absolute Gasteiger partial charge is 0.251 e. The largest absolute Gasteiger partial charge is 0.472 e. The summed E-state index contributed by atoms with van der Waals surface area (Å²) in [6, 6.07) is 11.7. The summed E-state index contributed by atoms with van der Waals surface area (Å²) in [6.45, 7) is 2.37. The third-order valence-electron chi connectivity index (χ3n) is 5.37. The first-order valence-corrected chi connectivity index (χ1v) is 9.85. The van der Waals surface area contributed by atoms with Crippen molar-refractivity contribution >= 4 is 11.6 Å². The molecule has 29 heavy (non-hydrogen) atoms. The first-order chi connectivity index (χ1) is 14.2. The molecular formula is C23H25N3O3. The number of hydrogen-bond acceptors (Lipinski definition) is 5. The molecular weight excluding hydrogens is 366 g/mol. The zero-order chi connectivity index (χ0) is 20.1.